The molecule has 32 heavy (non-hydrogen) atoms. The Hall–Kier alpha value is -3.52. The van der Waals surface area contributed by atoms with Crippen molar-refractivity contribution in [2.45, 2.75) is 32.9 Å². The Balaban J connectivity index is 1.34. The molecule has 3 heterocycles. The van der Waals surface area contributed by atoms with Crippen molar-refractivity contribution in [1.29, 1.82) is 0 Å². The molecule has 1 fully saturated rings. The van der Waals surface area contributed by atoms with Gasteiger partial charge in [-0.2, -0.15) is 4.98 Å². The summed E-state index contributed by atoms with van der Waals surface area (Å²) < 4.78 is 13.4. The smallest absolute Gasteiger partial charge is 0.257 e. The summed E-state index contributed by atoms with van der Waals surface area (Å²) in [6.45, 7) is 7.48. The number of rotatable bonds is 4. The third kappa shape index (κ3) is 3.67. The highest BCUT2D eigenvalue weighted by atomic mass is 16.5. The Kier molecular flexibility index (Phi) is 5.22. The van der Waals surface area contributed by atoms with Crippen LogP contribution >= 0.6 is 0 Å². The molecular formula is C24H25N5O3. The van der Waals surface area contributed by atoms with Gasteiger partial charge in [-0.05, 0) is 44.5 Å². The van der Waals surface area contributed by atoms with Gasteiger partial charge in [0.15, 0.2) is 6.10 Å². The minimum absolute atomic E-state index is 0.0575. The lowest BCUT2D eigenvalue weighted by Crippen LogP contribution is -2.42. The average molecular weight is 431 g/mol. The second-order valence-electron chi connectivity index (χ2n) is 8.33. The molecule has 1 aliphatic rings. The van der Waals surface area contributed by atoms with Crippen LogP contribution in [0, 0.1) is 6.92 Å². The van der Waals surface area contributed by atoms with Gasteiger partial charge in [0.25, 0.3) is 11.8 Å². The third-order valence-electron chi connectivity index (χ3n) is 5.83. The highest BCUT2D eigenvalue weighted by Gasteiger charge is 2.30. The van der Waals surface area contributed by atoms with E-state index in [1.807, 2.05) is 55.7 Å². The Morgan fingerprint density at radius 1 is 1.19 bits per heavy atom. The third-order valence-corrected chi connectivity index (χ3v) is 5.83. The minimum Gasteiger partial charge on any atom is -0.365 e. The summed E-state index contributed by atoms with van der Waals surface area (Å²) in [5.41, 5.74) is 4.43. The fourth-order valence-corrected chi connectivity index (χ4v) is 4.04. The van der Waals surface area contributed by atoms with E-state index < -0.39 is 6.10 Å². The quantitative estimate of drug-likeness (QED) is 0.482. The average Bonchev–Trinajstić information content (AvgIpc) is 3.46. The number of carbonyl (C=O) groups excluding carboxylic acids is 1. The van der Waals surface area contributed by atoms with Crippen LogP contribution in [0.5, 0.6) is 0 Å². The number of carbonyl (C=O) groups is 1. The maximum atomic E-state index is 13.2. The van der Waals surface area contributed by atoms with E-state index in [2.05, 4.69) is 33.5 Å². The number of aromatic nitrogens is 4. The first-order chi connectivity index (χ1) is 15.5. The molecule has 8 heteroatoms. The summed E-state index contributed by atoms with van der Waals surface area (Å²) in [6.07, 6.45) is 1.36. The molecular weight excluding hydrogens is 406 g/mol. The molecule has 1 saturated heterocycles. The van der Waals surface area contributed by atoms with Gasteiger partial charge in [0.05, 0.1) is 30.5 Å². The van der Waals surface area contributed by atoms with Gasteiger partial charge in [-0.3, -0.25) is 4.79 Å². The maximum Gasteiger partial charge on any atom is 0.257 e. The molecule has 4 aromatic rings. The molecule has 5 rings (SSSR count). The van der Waals surface area contributed by atoms with E-state index in [9.17, 15) is 4.79 Å². The van der Waals surface area contributed by atoms with Gasteiger partial charge in [0.2, 0.25) is 5.82 Å². The van der Waals surface area contributed by atoms with Crippen LogP contribution in [-0.2, 0) is 4.74 Å². The van der Waals surface area contributed by atoms with Crippen molar-refractivity contribution in [3.63, 3.8) is 0 Å². The van der Waals surface area contributed by atoms with Gasteiger partial charge in [0, 0.05) is 23.7 Å². The summed E-state index contributed by atoms with van der Waals surface area (Å²) in [5, 5.41) is 4.12. The summed E-state index contributed by atoms with van der Waals surface area (Å²) in [7, 11) is 0. The summed E-state index contributed by atoms with van der Waals surface area (Å²) in [6, 6.07) is 13.8. The Labute approximate surface area is 185 Å². The second kappa shape index (κ2) is 8.20. The van der Waals surface area contributed by atoms with Crippen LogP contribution in [0.1, 0.15) is 47.8 Å². The number of nitrogens with zero attached hydrogens (tertiary/aromatic N) is 5. The van der Waals surface area contributed by atoms with E-state index >= 15 is 0 Å². The molecule has 0 radical (unpaired) electrons. The molecule has 0 aliphatic carbocycles. The number of ether oxygens (including phenoxy) is 1. The van der Waals surface area contributed by atoms with Gasteiger partial charge in [-0.15, -0.1) is 0 Å². The van der Waals surface area contributed by atoms with Gasteiger partial charge in [0.1, 0.15) is 0 Å². The number of imidazole rings is 1. The van der Waals surface area contributed by atoms with E-state index in [1.165, 1.54) is 0 Å². The normalized spacial score (nSPS) is 16.8. The van der Waals surface area contributed by atoms with Crippen molar-refractivity contribution >= 4 is 16.9 Å². The Morgan fingerprint density at radius 3 is 2.84 bits per heavy atom. The number of benzene rings is 2. The minimum atomic E-state index is -0.457. The molecule has 0 bridgehead atoms. The predicted octanol–water partition coefficient (Wildman–Crippen LogP) is 4.19. The van der Waals surface area contributed by atoms with Crippen LogP contribution in [0.3, 0.4) is 0 Å². The van der Waals surface area contributed by atoms with Crippen molar-refractivity contribution in [3.8, 4) is 11.4 Å². The van der Waals surface area contributed by atoms with Crippen LogP contribution in [0.2, 0.25) is 0 Å². The Bertz CT molecular complexity index is 1280. The molecule has 8 nitrogen and oxygen atoms in total. The lowest BCUT2D eigenvalue weighted by Gasteiger charge is -2.31. The molecule has 0 N–H and O–H groups in total. The van der Waals surface area contributed by atoms with E-state index in [-0.39, 0.29) is 5.91 Å². The van der Waals surface area contributed by atoms with Crippen LogP contribution in [0.25, 0.3) is 22.4 Å². The number of morpholine rings is 1. The number of hydrogen-bond donors (Lipinski definition) is 0. The fourth-order valence-electron chi connectivity index (χ4n) is 4.04. The zero-order valence-electron chi connectivity index (χ0n) is 18.4. The second-order valence-corrected chi connectivity index (χ2v) is 8.33. The molecule has 1 unspecified atom stereocenters. The summed E-state index contributed by atoms with van der Waals surface area (Å²) in [5.74, 6) is 0.848. The van der Waals surface area contributed by atoms with Crippen molar-refractivity contribution in [2.75, 3.05) is 19.7 Å². The van der Waals surface area contributed by atoms with Crippen LogP contribution in [0.4, 0.5) is 0 Å². The van der Waals surface area contributed by atoms with Crippen molar-refractivity contribution in [3.05, 3.63) is 65.8 Å². The lowest BCUT2D eigenvalue weighted by atomic mass is 10.1. The van der Waals surface area contributed by atoms with E-state index in [1.54, 1.807) is 4.90 Å². The molecule has 2 aromatic heterocycles. The molecule has 1 amide bonds. The first-order valence-corrected chi connectivity index (χ1v) is 10.8. The van der Waals surface area contributed by atoms with Crippen LogP contribution < -0.4 is 0 Å². The van der Waals surface area contributed by atoms with Crippen molar-refractivity contribution in [2.24, 2.45) is 0 Å². The van der Waals surface area contributed by atoms with Crippen molar-refractivity contribution < 1.29 is 14.1 Å². The zero-order chi connectivity index (χ0) is 22.2. The van der Waals surface area contributed by atoms with Gasteiger partial charge in [-0.25, -0.2) is 4.98 Å². The number of fused-ring (bicyclic) bond motifs is 1. The van der Waals surface area contributed by atoms with Gasteiger partial charge in [-0.1, -0.05) is 29.4 Å². The first kappa shape index (κ1) is 20.4. The van der Waals surface area contributed by atoms with Gasteiger partial charge >= 0.3 is 0 Å². The standard InChI is InChI=1S/C24H25N5O3/c1-15(2)29-14-25-19-12-17(8-9-20(19)29)24(30)28-10-11-31-21(13-28)23-26-22(27-32-23)18-7-5-4-6-16(18)3/h4-9,12,14-15,21H,10-11,13H2,1-3H3. The lowest BCUT2D eigenvalue weighted by molar-refractivity contribution is -0.0367. The summed E-state index contributed by atoms with van der Waals surface area (Å²) >= 11 is 0. The Morgan fingerprint density at radius 2 is 2.03 bits per heavy atom. The highest BCUT2D eigenvalue weighted by molar-refractivity contribution is 5.97. The van der Waals surface area contributed by atoms with Crippen LogP contribution in [-0.4, -0.2) is 50.2 Å². The topological polar surface area (TPSA) is 86.3 Å². The fraction of sp³-hybridized carbons (Fsp3) is 0.333. The van der Waals surface area contributed by atoms with Gasteiger partial charge < -0.3 is 18.7 Å². The molecule has 0 spiro atoms. The van der Waals surface area contributed by atoms with E-state index in [0.717, 1.165) is 22.2 Å². The number of hydrogen-bond acceptors (Lipinski definition) is 6. The van der Waals surface area contributed by atoms with E-state index in [4.69, 9.17) is 9.26 Å². The monoisotopic (exact) mass is 431 g/mol. The predicted molar refractivity (Wildman–Crippen MR) is 119 cm³/mol. The highest BCUT2D eigenvalue weighted by Crippen LogP contribution is 2.27. The zero-order valence-corrected chi connectivity index (χ0v) is 18.4. The number of aryl methyl sites for hydroxylation is 1. The maximum absolute atomic E-state index is 13.2. The molecule has 1 aliphatic heterocycles. The van der Waals surface area contributed by atoms with Crippen LogP contribution in [0.15, 0.2) is 53.3 Å². The number of amides is 1. The first-order valence-electron chi connectivity index (χ1n) is 10.8. The van der Waals surface area contributed by atoms with E-state index in [0.29, 0.717) is 43.0 Å². The molecule has 1 atom stereocenters. The SMILES string of the molecule is Cc1ccccc1-c1noc(C2CN(C(=O)c3ccc4c(c3)ncn4C(C)C)CCO2)n1. The van der Waals surface area contributed by atoms with Crippen molar-refractivity contribution in [1.82, 2.24) is 24.6 Å². The molecule has 164 valence electrons. The largest absolute Gasteiger partial charge is 0.365 e. The molecule has 0 saturated carbocycles. The summed E-state index contributed by atoms with van der Waals surface area (Å²) in [4.78, 5) is 24.0. The molecule has 2 aromatic carbocycles.